The maximum Gasteiger partial charge on any atom is 0.107 e. The molecule has 3 unspecified atom stereocenters. The van der Waals surface area contributed by atoms with Crippen LogP contribution in [0.25, 0.3) is 0 Å². The van der Waals surface area contributed by atoms with Crippen molar-refractivity contribution in [3.05, 3.63) is 20.8 Å². The molecule has 0 aromatic carbocycles. The summed E-state index contributed by atoms with van der Waals surface area (Å²) in [6.45, 7) is 3.61. The summed E-state index contributed by atoms with van der Waals surface area (Å²) >= 11 is 5.18. The van der Waals surface area contributed by atoms with Crippen LogP contribution in [0, 0.1) is 0 Å². The molecule has 2 heterocycles. The number of hydrogen-bond donors (Lipinski definition) is 1. The highest BCUT2D eigenvalue weighted by molar-refractivity contribution is 9.10. The van der Waals surface area contributed by atoms with Crippen molar-refractivity contribution in [2.45, 2.75) is 50.9 Å². The molecule has 3 nitrogen and oxygen atoms in total. The van der Waals surface area contributed by atoms with Crippen LogP contribution in [0.4, 0.5) is 0 Å². The lowest BCUT2D eigenvalue weighted by Gasteiger charge is -2.27. The van der Waals surface area contributed by atoms with E-state index in [0.717, 1.165) is 23.9 Å². The Balaban J connectivity index is 1.93. The molecule has 108 valence electrons. The highest BCUT2D eigenvalue weighted by Crippen LogP contribution is 2.31. The van der Waals surface area contributed by atoms with Crippen molar-refractivity contribution in [2.24, 2.45) is 5.73 Å². The van der Waals surface area contributed by atoms with Crippen LogP contribution in [0.1, 0.15) is 43.6 Å². The first-order chi connectivity index (χ1) is 9.20. The second-order valence-corrected chi connectivity index (χ2v) is 6.84. The topological polar surface area (TPSA) is 44.5 Å². The minimum atomic E-state index is -0.0215. The van der Waals surface area contributed by atoms with Gasteiger partial charge in [-0.2, -0.15) is 0 Å². The fraction of sp³-hybridized carbons (Fsp3) is 0.714. The lowest BCUT2D eigenvalue weighted by molar-refractivity contribution is -0.0686. The molecule has 1 aromatic rings. The summed E-state index contributed by atoms with van der Waals surface area (Å²) in [5.74, 6) is 0. The predicted molar refractivity (Wildman–Crippen MR) is 82.6 cm³/mol. The highest BCUT2D eigenvalue weighted by Gasteiger charge is 2.23. The van der Waals surface area contributed by atoms with Gasteiger partial charge in [0.05, 0.1) is 12.7 Å². The van der Waals surface area contributed by atoms with Crippen LogP contribution < -0.4 is 5.73 Å². The molecule has 19 heavy (non-hydrogen) atoms. The van der Waals surface area contributed by atoms with E-state index < -0.39 is 0 Å². The molecule has 1 saturated heterocycles. The quantitative estimate of drug-likeness (QED) is 0.849. The predicted octanol–water partition coefficient (Wildman–Crippen LogP) is 3.87. The van der Waals surface area contributed by atoms with E-state index in [4.69, 9.17) is 15.2 Å². The Bertz CT molecular complexity index is 379. The van der Waals surface area contributed by atoms with E-state index in [9.17, 15) is 0 Å². The fourth-order valence-corrected chi connectivity index (χ4v) is 3.83. The Kier molecular flexibility index (Phi) is 6.29. The summed E-state index contributed by atoms with van der Waals surface area (Å²) < 4.78 is 12.9. The molecule has 5 heteroatoms. The Morgan fingerprint density at radius 3 is 3.00 bits per heavy atom. The van der Waals surface area contributed by atoms with Crippen molar-refractivity contribution < 1.29 is 9.47 Å². The molecule has 0 bridgehead atoms. The van der Waals surface area contributed by atoms with Gasteiger partial charge in [-0.05, 0) is 47.7 Å². The molecule has 1 aliphatic heterocycles. The second-order valence-electron chi connectivity index (χ2n) is 4.98. The van der Waals surface area contributed by atoms with Gasteiger partial charge in [0.25, 0.3) is 0 Å². The van der Waals surface area contributed by atoms with Crippen LogP contribution >= 0.6 is 27.3 Å². The third-order valence-corrected chi connectivity index (χ3v) is 5.22. The average molecular weight is 348 g/mol. The fourth-order valence-electron chi connectivity index (χ4n) is 2.26. The lowest BCUT2D eigenvalue weighted by Crippen LogP contribution is -2.32. The standard InChI is InChI=1S/C14H22BrNO2S/c1-2-12(16)14(13-7-10(15)9-19-13)18-8-11-5-3-4-6-17-11/h7,9,11-12,14H,2-6,8,16H2,1H3. The number of hydrogen-bond acceptors (Lipinski definition) is 4. The number of ether oxygens (including phenoxy) is 2. The largest absolute Gasteiger partial charge is 0.376 e. The van der Waals surface area contributed by atoms with Crippen LogP contribution in [-0.2, 0) is 9.47 Å². The summed E-state index contributed by atoms with van der Waals surface area (Å²) in [6.07, 6.45) is 4.64. The summed E-state index contributed by atoms with van der Waals surface area (Å²) in [5, 5.41) is 2.07. The van der Waals surface area contributed by atoms with Gasteiger partial charge in [0.15, 0.2) is 0 Å². The van der Waals surface area contributed by atoms with Gasteiger partial charge in [-0.25, -0.2) is 0 Å². The van der Waals surface area contributed by atoms with Gasteiger partial charge in [-0.15, -0.1) is 11.3 Å². The molecule has 1 aromatic heterocycles. The molecule has 0 radical (unpaired) electrons. The Hall–Kier alpha value is 0.0600. The lowest BCUT2D eigenvalue weighted by atomic mass is 10.1. The minimum absolute atomic E-state index is 0.0215. The summed E-state index contributed by atoms with van der Waals surface area (Å²) in [7, 11) is 0. The van der Waals surface area contributed by atoms with Crippen molar-refractivity contribution in [1.29, 1.82) is 0 Å². The van der Waals surface area contributed by atoms with Gasteiger partial charge >= 0.3 is 0 Å². The van der Waals surface area contributed by atoms with E-state index in [2.05, 4.69) is 34.3 Å². The molecule has 2 N–H and O–H groups in total. The summed E-state index contributed by atoms with van der Waals surface area (Å²) in [5.41, 5.74) is 6.20. The number of thiophene rings is 1. The zero-order valence-corrected chi connectivity index (χ0v) is 13.7. The van der Waals surface area contributed by atoms with Crippen molar-refractivity contribution in [2.75, 3.05) is 13.2 Å². The molecule has 2 rings (SSSR count). The average Bonchev–Trinajstić information content (AvgIpc) is 2.86. The number of nitrogens with two attached hydrogens (primary N) is 1. The van der Waals surface area contributed by atoms with Gasteiger partial charge in [0, 0.05) is 27.4 Å². The second kappa shape index (κ2) is 7.74. The molecule has 0 aliphatic carbocycles. The molecule has 1 aliphatic rings. The molecule has 1 fully saturated rings. The van der Waals surface area contributed by atoms with Gasteiger partial charge in [0.1, 0.15) is 6.10 Å². The van der Waals surface area contributed by atoms with E-state index in [0.29, 0.717) is 6.61 Å². The van der Waals surface area contributed by atoms with Gasteiger partial charge < -0.3 is 15.2 Å². The maximum atomic E-state index is 6.20. The van der Waals surface area contributed by atoms with Crippen LogP contribution in [0.2, 0.25) is 0 Å². The van der Waals surface area contributed by atoms with Crippen LogP contribution in [0.15, 0.2) is 15.9 Å². The zero-order valence-electron chi connectivity index (χ0n) is 11.3. The van der Waals surface area contributed by atoms with Gasteiger partial charge in [0.2, 0.25) is 0 Å². The van der Waals surface area contributed by atoms with E-state index in [1.54, 1.807) is 11.3 Å². The smallest absolute Gasteiger partial charge is 0.107 e. The normalized spacial score (nSPS) is 23.2. The first-order valence-electron chi connectivity index (χ1n) is 6.93. The number of rotatable bonds is 6. The summed E-state index contributed by atoms with van der Waals surface area (Å²) in [4.78, 5) is 1.19. The van der Waals surface area contributed by atoms with Gasteiger partial charge in [-0.3, -0.25) is 0 Å². The zero-order chi connectivity index (χ0) is 13.7. The van der Waals surface area contributed by atoms with E-state index in [1.807, 2.05) is 0 Å². The molecular weight excluding hydrogens is 326 g/mol. The van der Waals surface area contributed by atoms with Crippen molar-refractivity contribution in [3.63, 3.8) is 0 Å². The Labute approximate surface area is 127 Å². The van der Waals surface area contributed by atoms with E-state index in [1.165, 1.54) is 17.7 Å². The molecule has 0 spiro atoms. The van der Waals surface area contributed by atoms with E-state index in [-0.39, 0.29) is 18.2 Å². The summed E-state index contributed by atoms with van der Waals surface area (Å²) in [6, 6.07) is 2.14. The molecule has 3 atom stereocenters. The third kappa shape index (κ3) is 4.53. The third-order valence-electron chi connectivity index (χ3n) is 3.46. The van der Waals surface area contributed by atoms with Crippen molar-refractivity contribution in [1.82, 2.24) is 0 Å². The maximum absolute atomic E-state index is 6.20. The van der Waals surface area contributed by atoms with Crippen LogP contribution in [0.3, 0.4) is 0 Å². The van der Waals surface area contributed by atoms with Crippen molar-refractivity contribution >= 4 is 27.3 Å². The van der Waals surface area contributed by atoms with Gasteiger partial charge in [-0.1, -0.05) is 6.92 Å². The Morgan fingerprint density at radius 2 is 2.42 bits per heavy atom. The molecule has 0 amide bonds. The highest BCUT2D eigenvalue weighted by atomic mass is 79.9. The molecule has 0 saturated carbocycles. The van der Waals surface area contributed by atoms with Crippen LogP contribution in [0.5, 0.6) is 0 Å². The first kappa shape index (κ1) is 15.4. The minimum Gasteiger partial charge on any atom is -0.376 e. The first-order valence-corrected chi connectivity index (χ1v) is 8.60. The van der Waals surface area contributed by atoms with Crippen LogP contribution in [-0.4, -0.2) is 25.4 Å². The van der Waals surface area contributed by atoms with Crippen molar-refractivity contribution in [3.8, 4) is 0 Å². The monoisotopic (exact) mass is 347 g/mol. The Morgan fingerprint density at radius 1 is 1.58 bits per heavy atom. The number of halogens is 1. The van der Waals surface area contributed by atoms with E-state index >= 15 is 0 Å². The molecular formula is C14H22BrNO2S. The SMILES string of the molecule is CCC(N)C(OCC1CCCCO1)c1cc(Br)cs1.